The van der Waals surface area contributed by atoms with E-state index in [-0.39, 0.29) is 5.91 Å². The molecule has 0 aliphatic rings. The van der Waals surface area contributed by atoms with Crippen LogP contribution in [0.2, 0.25) is 0 Å². The molecule has 4 aromatic rings. The van der Waals surface area contributed by atoms with E-state index in [9.17, 15) is 4.79 Å². The summed E-state index contributed by atoms with van der Waals surface area (Å²) in [5, 5.41) is 3.01. The Morgan fingerprint density at radius 1 is 1.04 bits per heavy atom. The Morgan fingerprint density at radius 3 is 2.75 bits per heavy atom. The van der Waals surface area contributed by atoms with Gasteiger partial charge in [0.15, 0.2) is 0 Å². The van der Waals surface area contributed by atoms with Crippen LogP contribution in [0.4, 0.5) is 5.69 Å². The number of aromatic nitrogens is 2. The van der Waals surface area contributed by atoms with E-state index >= 15 is 0 Å². The van der Waals surface area contributed by atoms with Gasteiger partial charge in [-0.1, -0.05) is 42.5 Å². The molecule has 0 saturated carbocycles. The quantitative estimate of drug-likeness (QED) is 0.503. The summed E-state index contributed by atoms with van der Waals surface area (Å²) in [7, 11) is 0. The predicted molar refractivity (Wildman–Crippen MR) is 113 cm³/mol. The van der Waals surface area contributed by atoms with E-state index in [0.717, 1.165) is 35.4 Å². The zero-order valence-electron chi connectivity index (χ0n) is 15.9. The highest BCUT2D eigenvalue weighted by atomic mass is 16.1. The van der Waals surface area contributed by atoms with E-state index in [4.69, 9.17) is 4.98 Å². The van der Waals surface area contributed by atoms with Gasteiger partial charge in [-0.3, -0.25) is 4.79 Å². The Balaban J connectivity index is 1.40. The van der Waals surface area contributed by atoms with Gasteiger partial charge in [0.1, 0.15) is 5.65 Å². The van der Waals surface area contributed by atoms with E-state index in [1.54, 1.807) is 0 Å². The molecule has 2 aromatic carbocycles. The summed E-state index contributed by atoms with van der Waals surface area (Å²) in [6.45, 7) is 2.06. The number of rotatable bonds is 6. The molecule has 0 spiro atoms. The molecule has 0 radical (unpaired) electrons. The first-order chi connectivity index (χ1) is 13.7. The summed E-state index contributed by atoms with van der Waals surface area (Å²) in [6.07, 6.45) is 6.28. The summed E-state index contributed by atoms with van der Waals surface area (Å²) in [6, 6.07) is 22.2. The van der Waals surface area contributed by atoms with Crippen molar-refractivity contribution in [3.8, 4) is 11.3 Å². The van der Waals surface area contributed by atoms with Crippen molar-refractivity contribution in [1.29, 1.82) is 0 Å². The van der Waals surface area contributed by atoms with Gasteiger partial charge in [0.2, 0.25) is 5.91 Å². The summed E-state index contributed by atoms with van der Waals surface area (Å²) in [5.41, 5.74) is 6.05. The van der Waals surface area contributed by atoms with Gasteiger partial charge in [-0.05, 0) is 55.2 Å². The lowest BCUT2D eigenvalue weighted by Gasteiger charge is -2.07. The summed E-state index contributed by atoms with van der Waals surface area (Å²) in [4.78, 5) is 17.0. The number of hydrogen-bond acceptors (Lipinski definition) is 2. The van der Waals surface area contributed by atoms with E-state index in [2.05, 4.69) is 36.5 Å². The summed E-state index contributed by atoms with van der Waals surface area (Å²) < 4.78 is 2.01. The molecule has 4 heteroatoms. The van der Waals surface area contributed by atoms with Crippen molar-refractivity contribution in [1.82, 2.24) is 9.38 Å². The van der Waals surface area contributed by atoms with Crippen LogP contribution < -0.4 is 5.32 Å². The molecule has 0 fully saturated rings. The highest BCUT2D eigenvalue weighted by molar-refractivity contribution is 5.91. The topological polar surface area (TPSA) is 46.4 Å². The fourth-order valence-corrected chi connectivity index (χ4v) is 3.30. The van der Waals surface area contributed by atoms with Crippen LogP contribution in [-0.2, 0) is 11.2 Å². The molecule has 2 heterocycles. The van der Waals surface area contributed by atoms with Crippen LogP contribution in [0, 0.1) is 6.92 Å². The van der Waals surface area contributed by atoms with Gasteiger partial charge >= 0.3 is 0 Å². The molecule has 1 amide bonds. The number of benzene rings is 2. The van der Waals surface area contributed by atoms with Crippen molar-refractivity contribution in [3.63, 3.8) is 0 Å². The molecular formula is C24H23N3O. The molecule has 140 valence electrons. The minimum Gasteiger partial charge on any atom is -0.326 e. The van der Waals surface area contributed by atoms with Crippen LogP contribution in [0.5, 0.6) is 0 Å². The smallest absolute Gasteiger partial charge is 0.224 e. The van der Waals surface area contributed by atoms with Crippen molar-refractivity contribution in [2.75, 3.05) is 5.32 Å². The Bertz CT molecular complexity index is 1100. The Hall–Kier alpha value is -3.40. The van der Waals surface area contributed by atoms with Crippen LogP contribution in [0.3, 0.4) is 0 Å². The Kier molecular flexibility index (Phi) is 5.20. The fraction of sp³-hybridized carbons (Fsp3) is 0.167. The number of carbonyl (C=O) groups is 1. The van der Waals surface area contributed by atoms with Gasteiger partial charge in [-0.25, -0.2) is 4.98 Å². The lowest BCUT2D eigenvalue weighted by atomic mass is 10.1. The van der Waals surface area contributed by atoms with Crippen molar-refractivity contribution >= 4 is 17.2 Å². The summed E-state index contributed by atoms with van der Waals surface area (Å²) >= 11 is 0. The number of amides is 1. The number of nitrogens with one attached hydrogen (secondary N) is 1. The maximum Gasteiger partial charge on any atom is 0.224 e. The molecule has 0 atom stereocenters. The zero-order valence-corrected chi connectivity index (χ0v) is 15.9. The molecule has 28 heavy (non-hydrogen) atoms. The highest BCUT2D eigenvalue weighted by Gasteiger charge is 2.07. The van der Waals surface area contributed by atoms with Crippen molar-refractivity contribution in [2.24, 2.45) is 0 Å². The van der Waals surface area contributed by atoms with Crippen molar-refractivity contribution < 1.29 is 4.79 Å². The fourth-order valence-electron chi connectivity index (χ4n) is 3.30. The minimum atomic E-state index is 0.0405. The maximum atomic E-state index is 12.3. The predicted octanol–water partition coefficient (Wildman–Crippen LogP) is 5.27. The van der Waals surface area contributed by atoms with Gasteiger partial charge in [0, 0.05) is 30.1 Å². The third kappa shape index (κ3) is 4.29. The lowest BCUT2D eigenvalue weighted by Crippen LogP contribution is -2.11. The first-order valence-corrected chi connectivity index (χ1v) is 9.57. The van der Waals surface area contributed by atoms with Crippen LogP contribution in [0.25, 0.3) is 16.9 Å². The summed E-state index contributed by atoms with van der Waals surface area (Å²) in [5.74, 6) is 0.0405. The standard InChI is InChI=1S/C24H23N3O/c1-18-13-14-27-17-22(26-23(27)15-18)20-10-6-11-21(16-20)25-24(28)12-5-9-19-7-3-2-4-8-19/h2-4,6-8,10-11,13-17H,5,9,12H2,1H3,(H,25,28). The van der Waals surface area contributed by atoms with E-state index in [0.29, 0.717) is 6.42 Å². The van der Waals surface area contributed by atoms with E-state index in [1.165, 1.54) is 11.1 Å². The number of nitrogens with zero attached hydrogens (tertiary/aromatic N) is 2. The van der Waals surface area contributed by atoms with E-state index < -0.39 is 0 Å². The number of anilines is 1. The Morgan fingerprint density at radius 2 is 1.89 bits per heavy atom. The van der Waals surface area contributed by atoms with Crippen molar-refractivity contribution in [2.45, 2.75) is 26.2 Å². The van der Waals surface area contributed by atoms with Gasteiger partial charge in [-0.15, -0.1) is 0 Å². The zero-order chi connectivity index (χ0) is 19.3. The SMILES string of the molecule is Cc1ccn2cc(-c3cccc(NC(=O)CCCc4ccccc4)c3)nc2c1. The van der Waals surface area contributed by atoms with Crippen LogP contribution in [-0.4, -0.2) is 15.3 Å². The number of aryl methyl sites for hydroxylation is 2. The van der Waals surface area contributed by atoms with E-state index in [1.807, 2.05) is 59.3 Å². The van der Waals surface area contributed by atoms with Gasteiger partial charge < -0.3 is 9.72 Å². The number of carbonyl (C=O) groups excluding carboxylic acids is 1. The first kappa shape index (κ1) is 18.0. The molecule has 4 rings (SSSR count). The minimum absolute atomic E-state index is 0.0405. The second-order valence-electron chi connectivity index (χ2n) is 7.06. The molecule has 1 N–H and O–H groups in total. The second kappa shape index (κ2) is 8.09. The Labute approximate surface area is 164 Å². The average molecular weight is 369 g/mol. The molecule has 4 nitrogen and oxygen atoms in total. The lowest BCUT2D eigenvalue weighted by molar-refractivity contribution is -0.116. The normalized spacial score (nSPS) is 10.9. The monoisotopic (exact) mass is 369 g/mol. The third-order valence-electron chi connectivity index (χ3n) is 4.77. The number of imidazole rings is 1. The highest BCUT2D eigenvalue weighted by Crippen LogP contribution is 2.23. The van der Waals surface area contributed by atoms with Crippen LogP contribution >= 0.6 is 0 Å². The first-order valence-electron chi connectivity index (χ1n) is 9.57. The molecule has 0 saturated heterocycles. The molecule has 0 bridgehead atoms. The molecule has 0 aliphatic carbocycles. The molecule has 0 aliphatic heterocycles. The van der Waals surface area contributed by atoms with Gasteiger partial charge in [0.05, 0.1) is 5.69 Å². The third-order valence-corrected chi connectivity index (χ3v) is 4.77. The van der Waals surface area contributed by atoms with Crippen LogP contribution in [0.1, 0.15) is 24.0 Å². The van der Waals surface area contributed by atoms with Gasteiger partial charge in [0.25, 0.3) is 0 Å². The number of pyridine rings is 1. The van der Waals surface area contributed by atoms with Crippen LogP contribution in [0.15, 0.2) is 79.1 Å². The number of fused-ring (bicyclic) bond motifs is 1. The van der Waals surface area contributed by atoms with Crippen molar-refractivity contribution in [3.05, 3.63) is 90.3 Å². The molecular weight excluding hydrogens is 346 g/mol. The average Bonchev–Trinajstić information content (AvgIpc) is 3.12. The second-order valence-corrected chi connectivity index (χ2v) is 7.06. The maximum absolute atomic E-state index is 12.3. The number of hydrogen-bond donors (Lipinski definition) is 1. The van der Waals surface area contributed by atoms with Gasteiger partial charge in [-0.2, -0.15) is 0 Å². The molecule has 2 aromatic heterocycles. The largest absolute Gasteiger partial charge is 0.326 e. The molecule has 0 unspecified atom stereocenters.